The topological polar surface area (TPSA) is 76.4 Å². The average Bonchev–Trinajstić information content (AvgIpc) is 2.54. The van der Waals surface area contributed by atoms with Crippen molar-refractivity contribution in [3.63, 3.8) is 0 Å². The fraction of sp³-hybridized carbons (Fsp3) is 0.529. The van der Waals surface area contributed by atoms with E-state index >= 15 is 0 Å². The summed E-state index contributed by atoms with van der Waals surface area (Å²) in [5.74, 6) is -0.138. The molecule has 0 aliphatic carbocycles. The molecule has 1 fully saturated rings. The number of aliphatic hydroxyl groups is 1. The van der Waals surface area contributed by atoms with Gasteiger partial charge in [-0.15, -0.1) is 0 Å². The highest BCUT2D eigenvalue weighted by Crippen LogP contribution is 2.22. The summed E-state index contributed by atoms with van der Waals surface area (Å²) in [5.41, 5.74) is 0.954. The van der Waals surface area contributed by atoms with Gasteiger partial charge in [0.2, 0.25) is 5.91 Å². The van der Waals surface area contributed by atoms with Crippen LogP contribution >= 0.6 is 11.6 Å². The minimum atomic E-state index is -0.396. The number of rotatable bonds is 5. The molecule has 0 aromatic heterocycles. The molecule has 1 heterocycles. The van der Waals surface area contributed by atoms with Crippen molar-refractivity contribution in [2.45, 2.75) is 44.8 Å². The van der Waals surface area contributed by atoms with Crippen LogP contribution in [0.15, 0.2) is 18.2 Å². The van der Waals surface area contributed by atoms with Gasteiger partial charge >= 0.3 is 0 Å². The molecule has 1 amide bonds. The summed E-state index contributed by atoms with van der Waals surface area (Å²) in [4.78, 5) is 14.3. The number of likely N-dealkylation sites (tertiary alicyclic amines) is 1. The maximum Gasteiger partial charge on any atom is 0.238 e. The van der Waals surface area contributed by atoms with Crippen LogP contribution < -0.4 is 5.32 Å². The second kappa shape index (κ2) is 8.30. The molecule has 1 saturated heterocycles. The second-order valence-electron chi connectivity index (χ2n) is 5.86. The van der Waals surface area contributed by atoms with Crippen molar-refractivity contribution in [2.75, 3.05) is 18.4 Å². The van der Waals surface area contributed by atoms with Crippen LogP contribution in [0.2, 0.25) is 5.02 Å². The number of hydrogen-bond acceptors (Lipinski definition) is 4. The smallest absolute Gasteiger partial charge is 0.238 e. The number of anilines is 1. The van der Waals surface area contributed by atoms with Crippen molar-refractivity contribution in [3.8, 4) is 6.07 Å². The molecule has 23 heavy (non-hydrogen) atoms. The van der Waals surface area contributed by atoms with E-state index in [-0.39, 0.29) is 18.5 Å². The summed E-state index contributed by atoms with van der Waals surface area (Å²) in [6.07, 6.45) is 3.35. The molecule has 0 spiro atoms. The summed E-state index contributed by atoms with van der Waals surface area (Å²) < 4.78 is 0. The number of benzene rings is 1. The maximum atomic E-state index is 12.3. The number of aliphatic hydroxyl groups excluding tert-OH is 1. The van der Waals surface area contributed by atoms with Crippen molar-refractivity contribution in [2.24, 2.45) is 0 Å². The van der Waals surface area contributed by atoms with Gasteiger partial charge in [0, 0.05) is 11.7 Å². The molecule has 6 heteroatoms. The zero-order valence-electron chi connectivity index (χ0n) is 13.3. The van der Waals surface area contributed by atoms with Crippen LogP contribution in [0.3, 0.4) is 0 Å². The van der Waals surface area contributed by atoms with Crippen LogP contribution in [0.5, 0.6) is 0 Å². The summed E-state index contributed by atoms with van der Waals surface area (Å²) in [6, 6.07) is 6.86. The molecular formula is C17H22ClN3O2. The Morgan fingerprint density at radius 1 is 1.57 bits per heavy atom. The van der Waals surface area contributed by atoms with Gasteiger partial charge in [0.1, 0.15) is 6.07 Å². The molecule has 2 rings (SSSR count). The van der Waals surface area contributed by atoms with Crippen molar-refractivity contribution in [3.05, 3.63) is 28.8 Å². The lowest BCUT2D eigenvalue weighted by Crippen LogP contribution is -2.49. The molecule has 1 aromatic rings. The van der Waals surface area contributed by atoms with Crippen molar-refractivity contribution >= 4 is 23.2 Å². The van der Waals surface area contributed by atoms with E-state index in [1.165, 1.54) is 0 Å². The van der Waals surface area contributed by atoms with E-state index in [0.717, 1.165) is 25.8 Å². The number of carbonyl (C=O) groups is 1. The van der Waals surface area contributed by atoms with Crippen molar-refractivity contribution in [1.82, 2.24) is 4.90 Å². The third-order valence-electron chi connectivity index (χ3n) is 4.25. The molecule has 0 bridgehead atoms. The molecule has 2 N–H and O–H groups in total. The molecule has 5 nitrogen and oxygen atoms in total. The number of nitrogens with zero attached hydrogens (tertiary/aromatic N) is 2. The lowest BCUT2D eigenvalue weighted by Gasteiger charge is -2.37. The first-order valence-electron chi connectivity index (χ1n) is 7.96. The van der Waals surface area contributed by atoms with Crippen LogP contribution in [0.4, 0.5) is 5.69 Å². The van der Waals surface area contributed by atoms with Gasteiger partial charge in [-0.3, -0.25) is 9.69 Å². The van der Waals surface area contributed by atoms with Crippen molar-refractivity contribution in [1.29, 1.82) is 5.26 Å². The van der Waals surface area contributed by atoms with E-state index < -0.39 is 6.10 Å². The maximum absolute atomic E-state index is 12.3. The van der Waals surface area contributed by atoms with E-state index in [4.69, 9.17) is 16.9 Å². The van der Waals surface area contributed by atoms with Gasteiger partial charge < -0.3 is 10.4 Å². The zero-order chi connectivity index (χ0) is 16.8. The molecular weight excluding hydrogens is 314 g/mol. The van der Waals surface area contributed by atoms with Crippen LogP contribution in [0.25, 0.3) is 0 Å². The largest absolute Gasteiger partial charge is 0.392 e. The van der Waals surface area contributed by atoms with Crippen molar-refractivity contribution < 1.29 is 9.90 Å². The fourth-order valence-corrected chi connectivity index (χ4v) is 3.21. The Kier molecular flexibility index (Phi) is 6.40. The standard InChI is InChI=1S/C17H22ClN3O2/c1-2-16(22)15-5-3-4-8-21(15)11-17(23)20-13-7-6-12(10-19)14(18)9-13/h6-7,9,15-16,22H,2-5,8,11H2,1H3,(H,20,23). The molecule has 124 valence electrons. The minimum absolute atomic E-state index is 0.0454. The predicted octanol–water partition coefficient (Wildman–Crippen LogP) is 2.78. The zero-order valence-corrected chi connectivity index (χ0v) is 14.0. The Balaban J connectivity index is 1.98. The number of carbonyl (C=O) groups excluding carboxylic acids is 1. The van der Waals surface area contributed by atoms with E-state index in [1.807, 2.05) is 13.0 Å². The number of hydrogen-bond donors (Lipinski definition) is 2. The average molecular weight is 336 g/mol. The van der Waals surface area contributed by atoms with Crippen LogP contribution in [-0.2, 0) is 4.79 Å². The molecule has 1 aliphatic rings. The first kappa shape index (κ1) is 17.7. The number of piperidine rings is 1. The van der Waals surface area contributed by atoms with Gasteiger partial charge in [0.25, 0.3) is 0 Å². The summed E-state index contributed by atoms with van der Waals surface area (Å²) in [7, 11) is 0. The lowest BCUT2D eigenvalue weighted by molar-refractivity contribution is -0.119. The minimum Gasteiger partial charge on any atom is -0.392 e. The summed E-state index contributed by atoms with van der Waals surface area (Å²) in [5, 5.41) is 22.1. The van der Waals surface area contributed by atoms with Crippen LogP contribution in [-0.4, -0.2) is 41.1 Å². The Morgan fingerprint density at radius 3 is 3.00 bits per heavy atom. The first-order valence-corrected chi connectivity index (χ1v) is 8.34. The second-order valence-corrected chi connectivity index (χ2v) is 6.27. The highest BCUT2D eigenvalue weighted by Gasteiger charge is 2.28. The molecule has 1 aromatic carbocycles. The third kappa shape index (κ3) is 4.68. The van der Waals surface area contributed by atoms with E-state index in [2.05, 4.69) is 10.2 Å². The monoisotopic (exact) mass is 335 g/mol. The van der Waals surface area contributed by atoms with E-state index in [1.54, 1.807) is 18.2 Å². The quantitative estimate of drug-likeness (QED) is 0.867. The number of amides is 1. The van der Waals surface area contributed by atoms with E-state index in [9.17, 15) is 9.90 Å². The molecule has 0 saturated carbocycles. The Morgan fingerprint density at radius 2 is 2.35 bits per heavy atom. The predicted molar refractivity (Wildman–Crippen MR) is 90.3 cm³/mol. The van der Waals surface area contributed by atoms with Gasteiger partial charge in [-0.05, 0) is 44.0 Å². The van der Waals surface area contributed by atoms with Crippen LogP contribution in [0, 0.1) is 11.3 Å². The third-order valence-corrected chi connectivity index (χ3v) is 4.56. The molecule has 0 radical (unpaired) electrons. The van der Waals surface area contributed by atoms with E-state index in [0.29, 0.717) is 22.7 Å². The normalized spacial score (nSPS) is 19.8. The molecule has 2 unspecified atom stereocenters. The molecule has 1 aliphatic heterocycles. The highest BCUT2D eigenvalue weighted by atomic mass is 35.5. The van der Waals surface area contributed by atoms with Gasteiger partial charge in [-0.1, -0.05) is 24.9 Å². The first-order chi connectivity index (χ1) is 11.0. The highest BCUT2D eigenvalue weighted by molar-refractivity contribution is 6.32. The fourth-order valence-electron chi connectivity index (χ4n) is 2.99. The van der Waals surface area contributed by atoms with Gasteiger partial charge in [0.15, 0.2) is 0 Å². The summed E-state index contributed by atoms with van der Waals surface area (Å²) in [6.45, 7) is 3.03. The Labute approximate surface area is 141 Å². The van der Waals surface area contributed by atoms with Crippen LogP contribution in [0.1, 0.15) is 38.2 Å². The molecule has 2 atom stereocenters. The Hall–Kier alpha value is -1.61. The van der Waals surface area contributed by atoms with Gasteiger partial charge in [-0.2, -0.15) is 5.26 Å². The number of halogens is 1. The number of nitriles is 1. The Bertz CT molecular complexity index is 600. The SMILES string of the molecule is CCC(O)C1CCCCN1CC(=O)Nc1ccc(C#N)c(Cl)c1. The lowest BCUT2D eigenvalue weighted by atomic mass is 9.96. The number of nitrogens with one attached hydrogen (secondary N) is 1. The summed E-state index contributed by atoms with van der Waals surface area (Å²) >= 11 is 5.97. The van der Waals surface area contributed by atoms with Gasteiger partial charge in [0.05, 0.1) is 23.2 Å². The van der Waals surface area contributed by atoms with Gasteiger partial charge in [-0.25, -0.2) is 0 Å².